The third-order valence-electron chi connectivity index (χ3n) is 8.28. The molecule has 5 rings (SSSR count). The van der Waals surface area contributed by atoms with Crippen LogP contribution in [0.3, 0.4) is 0 Å². The summed E-state index contributed by atoms with van der Waals surface area (Å²) in [6.45, 7) is 2.19. The third kappa shape index (κ3) is 6.76. The molecule has 2 aromatic carbocycles. The minimum absolute atomic E-state index is 0.0464. The molecule has 44 heavy (non-hydrogen) atoms. The van der Waals surface area contributed by atoms with Crippen molar-refractivity contribution in [1.29, 1.82) is 0 Å². The van der Waals surface area contributed by atoms with E-state index in [-0.39, 0.29) is 24.0 Å². The van der Waals surface area contributed by atoms with Crippen LogP contribution in [-0.4, -0.2) is 39.7 Å². The molecule has 0 amide bonds. The van der Waals surface area contributed by atoms with Crippen LogP contribution in [0.1, 0.15) is 52.5 Å². The number of benzene rings is 2. The SMILES string of the molecule is CC1=C[C@@H](/C=C(\Cl)c2ccc(C(=O)O)cc2)[C@]2(C(=O)O)C=C[C@@H](CCOC(=O)c3ccc(Oc4cccnc4)cc3)C[C@@H]2C1. The highest BCUT2D eigenvalue weighted by Crippen LogP contribution is 2.53. The minimum Gasteiger partial charge on any atom is -0.481 e. The van der Waals surface area contributed by atoms with Gasteiger partial charge in [0.2, 0.25) is 0 Å². The summed E-state index contributed by atoms with van der Waals surface area (Å²) in [6.07, 6.45) is 12.5. The molecule has 0 radical (unpaired) electrons. The van der Waals surface area contributed by atoms with Crippen molar-refractivity contribution in [2.24, 2.45) is 23.2 Å². The Morgan fingerprint density at radius 1 is 1.00 bits per heavy atom. The van der Waals surface area contributed by atoms with Crippen molar-refractivity contribution in [1.82, 2.24) is 4.98 Å². The van der Waals surface area contributed by atoms with Gasteiger partial charge in [-0.05, 0) is 92.1 Å². The molecular formula is C35H32ClNO7. The van der Waals surface area contributed by atoms with Gasteiger partial charge >= 0.3 is 17.9 Å². The number of rotatable bonds is 10. The van der Waals surface area contributed by atoms with E-state index in [4.69, 9.17) is 21.1 Å². The van der Waals surface area contributed by atoms with Gasteiger partial charge in [0, 0.05) is 17.1 Å². The van der Waals surface area contributed by atoms with E-state index in [1.807, 2.05) is 19.1 Å². The zero-order valence-corrected chi connectivity index (χ0v) is 24.8. The minimum atomic E-state index is -1.17. The summed E-state index contributed by atoms with van der Waals surface area (Å²) >= 11 is 6.65. The van der Waals surface area contributed by atoms with E-state index in [1.54, 1.807) is 73.1 Å². The Bertz CT molecular complexity index is 1610. The molecule has 4 atom stereocenters. The third-order valence-corrected chi connectivity index (χ3v) is 8.62. The number of hydrogen-bond acceptors (Lipinski definition) is 6. The Kier molecular flexibility index (Phi) is 9.30. The fraction of sp³-hybridized carbons (Fsp3) is 0.257. The molecule has 3 aromatic rings. The second-order valence-electron chi connectivity index (χ2n) is 11.2. The van der Waals surface area contributed by atoms with E-state index in [2.05, 4.69) is 4.98 Å². The Hall–Kier alpha value is -4.69. The number of aliphatic carboxylic acids is 1. The Labute approximate surface area is 260 Å². The molecule has 0 bridgehead atoms. The number of aromatic nitrogens is 1. The van der Waals surface area contributed by atoms with Crippen molar-refractivity contribution in [2.75, 3.05) is 6.61 Å². The lowest BCUT2D eigenvalue weighted by Gasteiger charge is -2.46. The summed E-state index contributed by atoms with van der Waals surface area (Å²) < 4.78 is 11.3. The van der Waals surface area contributed by atoms with E-state index in [0.717, 1.165) is 5.57 Å². The molecule has 2 aliphatic carbocycles. The lowest BCUT2D eigenvalue weighted by molar-refractivity contribution is -0.152. The molecule has 226 valence electrons. The van der Waals surface area contributed by atoms with Crippen molar-refractivity contribution >= 4 is 34.5 Å². The molecule has 0 aliphatic heterocycles. The highest BCUT2D eigenvalue weighted by molar-refractivity contribution is 6.48. The number of ether oxygens (including phenoxy) is 2. The molecule has 0 saturated heterocycles. The molecule has 2 N–H and O–H groups in total. The number of pyridine rings is 1. The maximum absolute atomic E-state index is 12.9. The molecule has 0 spiro atoms. The molecule has 9 heteroatoms. The largest absolute Gasteiger partial charge is 0.481 e. The fourth-order valence-electron chi connectivity index (χ4n) is 6.01. The van der Waals surface area contributed by atoms with Crippen LogP contribution in [0.15, 0.2) is 103 Å². The maximum Gasteiger partial charge on any atom is 0.338 e. The standard InChI is InChI=1S/C35H32ClNO7/c1-22-17-27-19-23(13-16-43-33(40)26-8-10-29(11-9-26)44-30-3-2-15-37-21-30)12-14-35(27,34(41)42)28(18-22)20-31(36)24-4-6-25(7-5-24)32(38)39/h2-12,14-15,18,20-21,23,27-28H,13,16-17,19H2,1H3,(H,38,39)(H,41,42)/b31-20-/t23-,27-,28-,35-/m0/s1. The number of carbonyl (C=O) groups excluding carboxylic acids is 1. The number of carboxylic acid groups (broad SMARTS) is 2. The summed E-state index contributed by atoms with van der Waals surface area (Å²) in [5, 5.41) is 20.1. The summed E-state index contributed by atoms with van der Waals surface area (Å²) in [4.78, 5) is 40.7. The van der Waals surface area contributed by atoms with E-state index in [9.17, 15) is 24.6 Å². The smallest absolute Gasteiger partial charge is 0.338 e. The number of halogens is 1. The Morgan fingerprint density at radius 3 is 2.36 bits per heavy atom. The van der Waals surface area contributed by atoms with Gasteiger partial charge in [-0.2, -0.15) is 0 Å². The molecule has 1 heterocycles. The molecule has 2 aliphatic rings. The summed E-state index contributed by atoms with van der Waals surface area (Å²) in [5.41, 5.74) is 1.07. The summed E-state index contributed by atoms with van der Waals surface area (Å²) in [6, 6.07) is 16.4. The van der Waals surface area contributed by atoms with Gasteiger partial charge in [-0.1, -0.05) is 53.6 Å². The van der Waals surface area contributed by atoms with Gasteiger partial charge in [0.25, 0.3) is 0 Å². The highest BCUT2D eigenvalue weighted by Gasteiger charge is 2.52. The molecule has 1 aromatic heterocycles. The van der Waals surface area contributed by atoms with Crippen LogP contribution in [0.2, 0.25) is 0 Å². The van der Waals surface area contributed by atoms with Gasteiger partial charge in [-0.25, -0.2) is 9.59 Å². The van der Waals surface area contributed by atoms with Crippen LogP contribution in [0.5, 0.6) is 11.5 Å². The fourth-order valence-corrected chi connectivity index (χ4v) is 6.27. The van der Waals surface area contributed by atoms with Crippen LogP contribution in [0.4, 0.5) is 0 Å². The van der Waals surface area contributed by atoms with Crippen molar-refractivity contribution < 1.29 is 34.1 Å². The van der Waals surface area contributed by atoms with Crippen molar-refractivity contribution in [3.63, 3.8) is 0 Å². The average molecular weight is 614 g/mol. The van der Waals surface area contributed by atoms with Gasteiger partial charge in [0.05, 0.1) is 29.3 Å². The lowest BCUT2D eigenvalue weighted by atomic mass is 9.56. The van der Waals surface area contributed by atoms with Crippen molar-refractivity contribution in [3.8, 4) is 11.5 Å². The van der Waals surface area contributed by atoms with Crippen LogP contribution < -0.4 is 4.74 Å². The van der Waals surface area contributed by atoms with Gasteiger partial charge in [0.1, 0.15) is 11.5 Å². The van der Waals surface area contributed by atoms with Crippen LogP contribution in [0, 0.1) is 23.2 Å². The normalized spacial score (nSPS) is 22.8. The number of carbonyl (C=O) groups is 3. The van der Waals surface area contributed by atoms with E-state index in [0.29, 0.717) is 46.9 Å². The van der Waals surface area contributed by atoms with Crippen LogP contribution in [-0.2, 0) is 9.53 Å². The van der Waals surface area contributed by atoms with Gasteiger partial charge in [-0.15, -0.1) is 0 Å². The highest BCUT2D eigenvalue weighted by atomic mass is 35.5. The quantitative estimate of drug-likeness (QED) is 0.177. The van der Waals surface area contributed by atoms with Gasteiger partial charge in [-0.3, -0.25) is 9.78 Å². The predicted octanol–water partition coefficient (Wildman–Crippen LogP) is 7.63. The van der Waals surface area contributed by atoms with E-state index < -0.39 is 29.2 Å². The number of allylic oxidation sites excluding steroid dienone is 4. The number of hydrogen-bond donors (Lipinski definition) is 2. The predicted molar refractivity (Wildman–Crippen MR) is 166 cm³/mol. The molecule has 0 fully saturated rings. The van der Waals surface area contributed by atoms with Crippen molar-refractivity contribution in [2.45, 2.75) is 26.2 Å². The number of nitrogens with zero attached hydrogens (tertiary/aromatic N) is 1. The summed E-state index contributed by atoms with van der Waals surface area (Å²) in [7, 11) is 0. The number of aromatic carboxylic acids is 1. The zero-order valence-electron chi connectivity index (χ0n) is 24.1. The number of esters is 1. The first-order valence-electron chi connectivity index (χ1n) is 14.3. The molecule has 8 nitrogen and oxygen atoms in total. The zero-order chi connectivity index (χ0) is 31.3. The summed E-state index contributed by atoms with van der Waals surface area (Å²) in [5.74, 6) is -1.85. The monoisotopic (exact) mass is 613 g/mol. The Balaban J connectivity index is 1.23. The first-order chi connectivity index (χ1) is 21.2. The maximum atomic E-state index is 12.9. The van der Waals surface area contributed by atoms with E-state index in [1.165, 1.54) is 12.1 Å². The number of carboxylic acids is 2. The topological polar surface area (TPSA) is 123 Å². The van der Waals surface area contributed by atoms with Crippen molar-refractivity contribution in [3.05, 3.63) is 120 Å². The number of fused-ring (bicyclic) bond motifs is 1. The van der Waals surface area contributed by atoms with E-state index >= 15 is 0 Å². The first kappa shape index (κ1) is 30.8. The second kappa shape index (κ2) is 13.3. The average Bonchev–Trinajstić information content (AvgIpc) is 3.01. The van der Waals surface area contributed by atoms with Crippen LogP contribution >= 0.6 is 11.6 Å². The first-order valence-corrected chi connectivity index (χ1v) is 14.7. The lowest BCUT2D eigenvalue weighted by Crippen LogP contribution is -2.47. The molecule has 0 unspecified atom stereocenters. The second-order valence-corrected chi connectivity index (χ2v) is 11.6. The Morgan fingerprint density at radius 2 is 1.70 bits per heavy atom. The molecular weight excluding hydrogens is 582 g/mol. The molecule has 0 saturated carbocycles. The van der Waals surface area contributed by atoms with Crippen LogP contribution in [0.25, 0.3) is 5.03 Å². The van der Waals surface area contributed by atoms with Gasteiger partial charge in [0.15, 0.2) is 0 Å². The van der Waals surface area contributed by atoms with Gasteiger partial charge < -0.3 is 19.7 Å².